The zero-order valence-electron chi connectivity index (χ0n) is 13.3. The molecule has 1 fully saturated rings. The lowest BCUT2D eigenvalue weighted by atomic mass is 10.1. The van der Waals surface area contributed by atoms with E-state index in [-0.39, 0.29) is 12.5 Å². The molecule has 2 N–H and O–H groups in total. The first-order valence-corrected chi connectivity index (χ1v) is 8.13. The molecule has 1 atom stereocenters. The molecular formula is C17H23ClN2O3. The van der Waals surface area contributed by atoms with Gasteiger partial charge in [-0.05, 0) is 24.1 Å². The second-order valence-electron chi connectivity index (χ2n) is 5.62. The number of amides is 1. The minimum absolute atomic E-state index is 0.225. The Morgan fingerprint density at radius 1 is 1.43 bits per heavy atom. The molecule has 0 aromatic heterocycles. The van der Waals surface area contributed by atoms with Crippen LogP contribution in [0.4, 0.5) is 0 Å². The van der Waals surface area contributed by atoms with Gasteiger partial charge in [0.05, 0.1) is 19.3 Å². The number of nitrogens with one attached hydrogen (secondary N) is 1. The number of nitrogens with zero attached hydrogens (tertiary/aromatic N) is 1. The maximum absolute atomic E-state index is 12.0. The molecule has 0 saturated carbocycles. The summed E-state index contributed by atoms with van der Waals surface area (Å²) in [5.41, 5.74) is 1.62. The first-order chi connectivity index (χ1) is 11.1. The van der Waals surface area contributed by atoms with Crippen LogP contribution in [0.25, 0.3) is 5.57 Å². The van der Waals surface area contributed by atoms with Gasteiger partial charge in [0.25, 0.3) is 0 Å². The van der Waals surface area contributed by atoms with Crippen molar-refractivity contribution in [2.24, 2.45) is 0 Å². The number of carbonyl (C=O) groups is 1. The van der Waals surface area contributed by atoms with Gasteiger partial charge in [0, 0.05) is 37.3 Å². The van der Waals surface area contributed by atoms with Crippen LogP contribution in [0.5, 0.6) is 0 Å². The molecule has 1 saturated heterocycles. The third-order valence-corrected chi connectivity index (χ3v) is 4.06. The van der Waals surface area contributed by atoms with Gasteiger partial charge < -0.3 is 15.2 Å². The van der Waals surface area contributed by atoms with Crippen molar-refractivity contribution in [1.82, 2.24) is 10.2 Å². The van der Waals surface area contributed by atoms with Crippen molar-refractivity contribution in [3.05, 3.63) is 40.9 Å². The number of benzene rings is 1. The van der Waals surface area contributed by atoms with E-state index in [4.69, 9.17) is 16.3 Å². The fourth-order valence-corrected chi connectivity index (χ4v) is 2.76. The zero-order chi connectivity index (χ0) is 16.7. The first-order valence-electron chi connectivity index (χ1n) is 7.75. The number of aliphatic hydroxyl groups is 1. The molecule has 1 aromatic rings. The molecule has 1 amide bonds. The molecular weight excluding hydrogens is 316 g/mol. The van der Waals surface area contributed by atoms with Crippen molar-refractivity contribution < 1.29 is 14.6 Å². The molecule has 1 aliphatic heterocycles. The molecule has 23 heavy (non-hydrogen) atoms. The fraction of sp³-hybridized carbons (Fsp3) is 0.471. The predicted molar refractivity (Wildman–Crippen MR) is 91.4 cm³/mol. The van der Waals surface area contributed by atoms with Crippen molar-refractivity contribution in [1.29, 1.82) is 0 Å². The summed E-state index contributed by atoms with van der Waals surface area (Å²) in [7, 11) is 0. The number of halogens is 1. The molecule has 0 radical (unpaired) electrons. The van der Waals surface area contributed by atoms with Crippen LogP contribution < -0.4 is 5.32 Å². The van der Waals surface area contributed by atoms with E-state index in [1.54, 1.807) is 6.07 Å². The number of ether oxygens (including phenoxy) is 1. The molecule has 1 heterocycles. The predicted octanol–water partition coefficient (Wildman–Crippen LogP) is 1.55. The summed E-state index contributed by atoms with van der Waals surface area (Å²) < 4.78 is 5.26. The van der Waals surface area contributed by atoms with E-state index in [0.717, 1.165) is 24.2 Å². The highest BCUT2D eigenvalue weighted by Crippen LogP contribution is 2.22. The number of rotatable bonds is 6. The molecule has 126 valence electrons. The highest BCUT2D eigenvalue weighted by Gasteiger charge is 2.15. The van der Waals surface area contributed by atoms with E-state index in [1.165, 1.54) is 6.08 Å². The molecule has 1 aliphatic rings. The van der Waals surface area contributed by atoms with Gasteiger partial charge in [-0.25, -0.2) is 0 Å². The Morgan fingerprint density at radius 2 is 2.13 bits per heavy atom. The van der Waals surface area contributed by atoms with Crippen molar-refractivity contribution in [3.63, 3.8) is 0 Å². The van der Waals surface area contributed by atoms with Crippen LogP contribution in [-0.2, 0) is 9.53 Å². The van der Waals surface area contributed by atoms with Crippen molar-refractivity contribution in [2.75, 3.05) is 39.4 Å². The van der Waals surface area contributed by atoms with Gasteiger partial charge in [0.1, 0.15) is 0 Å². The third-order valence-electron chi connectivity index (χ3n) is 3.73. The average Bonchev–Trinajstić information content (AvgIpc) is 2.54. The Bertz CT molecular complexity index is 557. The second-order valence-corrected chi connectivity index (χ2v) is 6.03. The SMILES string of the molecule is C/C(=C/C(=O)NCC(O)CN1CCOCC1)c1ccccc1Cl. The third kappa shape index (κ3) is 5.95. The van der Waals surface area contributed by atoms with Crippen LogP contribution >= 0.6 is 11.6 Å². The zero-order valence-corrected chi connectivity index (χ0v) is 14.1. The lowest BCUT2D eigenvalue weighted by Gasteiger charge is -2.28. The monoisotopic (exact) mass is 338 g/mol. The summed E-state index contributed by atoms with van der Waals surface area (Å²) in [6.45, 7) is 5.62. The van der Waals surface area contributed by atoms with Crippen LogP contribution in [0.15, 0.2) is 30.3 Å². The van der Waals surface area contributed by atoms with E-state index in [9.17, 15) is 9.90 Å². The quantitative estimate of drug-likeness (QED) is 0.773. The van der Waals surface area contributed by atoms with Gasteiger partial charge in [-0.15, -0.1) is 0 Å². The van der Waals surface area contributed by atoms with E-state index in [1.807, 2.05) is 25.1 Å². The molecule has 0 spiro atoms. The summed E-state index contributed by atoms with van der Waals surface area (Å²) in [5.74, 6) is -0.233. The van der Waals surface area contributed by atoms with Crippen LogP contribution in [0.1, 0.15) is 12.5 Å². The Morgan fingerprint density at radius 3 is 2.83 bits per heavy atom. The number of hydrogen-bond acceptors (Lipinski definition) is 4. The normalized spacial score (nSPS) is 17.8. The summed E-state index contributed by atoms with van der Waals surface area (Å²) in [4.78, 5) is 14.1. The summed E-state index contributed by atoms with van der Waals surface area (Å²) >= 11 is 6.11. The maximum Gasteiger partial charge on any atom is 0.244 e. The molecule has 0 bridgehead atoms. The smallest absolute Gasteiger partial charge is 0.244 e. The number of aliphatic hydroxyl groups excluding tert-OH is 1. The molecule has 1 unspecified atom stereocenters. The number of morpholine rings is 1. The molecule has 5 nitrogen and oxygen atoms in total. The van der Waals surface area contributed by atoms with Crippen molar-refractivity contribution in [2.45, 2.75) is 13.0 Å². The standard InChI is InChI=1S/C17H23ClN2O3/c1-13(15-4-2-3-5-16(15)18)10-17(22)19-11-14(21)12-20-6-8-23-9-7-20/h2-5,10,14,21H,6-9,11-12H2,1H3,(H,19,22)/b13-10-. The number of allylic oxidation sites excluding steroid dienone is 1. The lowest BCUT2D eigenvalue weighted by molar-refractivity contribution is -0.117. The van der Waals surface area contributed by atoms with Gasteiger partial charge in [-0.3, -0.25) is 9.69 Å². The molecule has 0 aliphatic carbocycles. The van der Waals surface area contributed by atoms with E-state index < -0.39 is 6.10 Å². The van der Waals surface area contributed by atoms with Crippen molar-refractivity contribution in [3.8, 4) is 0 Å². The first kappa shape index (κ1) is 17.9. The maximum atomic E-state index is 12.0. The van der Waals surface area contributed by atoms with Crippen LogP contribution in [0.2, 0.25) is 5.02 Å². The topological polar surface area (TPSA) is 61.8 Å². The molecule has 2 rings (SSSR count). The largest absolute Gasteiger partial charge is 0.390 e. The minimum Gasteiger partial charge on any atom is -0.390 e. The van der Waals surface area contributed by atoms with E-state index in [2.05, 4.69) is 10.2 Å². The van der Waals surface area contributed by atoms with E-state index >= 15 is 0 Å². The van der Waals surface area contributed by atoms with Gasteiger partial charge >= 0.3 is 0 Å². The summed E-state index contributed by atoms with van der Waals surface area (Å²) in [6, 6.07) is 7.39. The number of β-amino-alcohol motifs (C(OH)–C–C–N with tert-alkyl or cyclic N) is 1. The van der Waals surface area contributed by atoms with E-state index in [0.29, 0.717) is 24.8 Å². The number of carbonyl (C=O) groups excluding carboxylic acids is 1. The molecule has 6 heteroatoms. The average molecular weight is 339 g/mol. The van der Waals surface area contributed by atoms with Crippen LogP contribution in [-0.4, -0.2) is 61.4 Å². The lowest BCUT2D eigenvalue weighted by Crippen LogP contribution is -2.44. The van der Waals surface area contributed by atoms with Crippen LogP contribution in [0, 0.1) is 0 Å². The summed E-state index contributed by atoms with van der Waals surface area (Å²) in [5, 5.41) is 13.3. The Balaban J connectivity index is 1.79. The molecule has 1 aromatic carbocycles. The van der Waals surface area contributed by atoms with Gasteiger partial charge in [0.15, 0.2) is 0 Å². The minimum atomic E-state index is -0.592. The van der Waals surface area contributed by atoms with Crippen molar-refractivity contribution >= 4 is 23.1 Å². The Kier molecular flexibility index (Phi) is 7.05. The Labute approximate surface area is 141 Å². The second kappa shape index (κ2) is 9.03. The van der Waals surface area contributed by atoms with Gasteiger partial charge in [0.2, 0.25) is 5.91 Å². The number of hydrogen-bond donors (Lipinski definition) is 2. The fourth-order valence-electron chi connectivity index (χ4n) is 2.47. The van der Waals surface area contributed by atoms with Gasteiger partial charge in [-0.2, -0.15) is 0 Å². The highest BCUT2D eigenvalue weighted by molar-refractivity contribution is 6.32. The van der Waals surface area contributed by atoms with Gasteiger partial charge in [-0.1, -0.05) is 29.8 Å². The highest BCUT2D eigenvalue weighted by atomic mass is 35.5. The summed E-state index contributed by atoms with van der Waals surface area (Å²) in [6.07, 6.45) is 0.911. The van der Waals surface area contributed by atoms with Crippen LogP contribution in [0.3, 0.4) is 0 Å². The Hall–Kier alpha value is -1.40.